The summed E-state index contributed by atoms with van der Waals surface area (Å²) in [7, 11) is 0. The molecule has 0 aromatic carbocycles. The third-order valence-electron chi connectivity index (χ3n) is 1.20. The molecule has 0 aliphatic heterocycles. The van der Waals surface area contributed by atoms with Crippen LogP contribution in [0.3, 0.4) is 0 Å². The predicted molar refractivity (Wildman–Crippen MR) is 34.6 cm³/mol. The lowest BCUT2D eigenvalue weighted by molar-refractivity contribution is -0.152. The molecule has 0 spiro atoms. The summed E-state index contributed by atoms with van der Waals surface area (Å²) in [6.07, 6.45) is -1.80. The van der Waals surface area contributed by atoms with Gasteiger partial charge in [0.1, 0.15) is 0 Å². The van der Waals surface area contributed by atoms with Gasteiger partial charge in [-0.2, -0.15) is 0 Å². The fourth-order valence-corrected chi connectivity index (χ4v) is 0.618. The first-order chi connectivity index (χ1) is 4.59. The molecule has 0 aromatic rings. The van der Waals surface area contributed by atoms with E-state index in [2.05, 4.69) is 0 Å². The number of carboxylic acids is 1. The van der Waals surface area contributed by atoms with Gasteiger partial charge in [0.25, 0.3) is 0 Å². The van der Waals surface area contributed by atoms with Crippen molar-refractivity contribution in [2.24, 2.45) is 0 Å². The highest BCUT2D eigenvalue weighted by Gasteiger charge is 2.21. The summed E-state index contributed by atoms with van der Waals surface area (Å²) in [5.74, 6) is -1.37. The molecule has 2 unspecified atom stereocenters. The second kappa shape index (κ2) is 4.24. The molecule has 0 amide bonds. The van der Waals surface area contributed by atoms with Gasteiger partial charge in [-0.25, -0.2) is 4.79 Å². The molecule has 0 rings (SSSR count). The number of aliphatic carboxylic acids is 1. The van der Waals surface area contributed by atoms with Crippen molar-refractivity contribution in [2.45, 2.75) is 32.0 Å². The largest absolute Gasteiger partial charge is 0.479 e. The van der Waals surface area contributed by atoms with Crippen LogP contribution < -0.4 is 0 Å². The van der Waals surface area contributed by atoms with Crippen LogP contribution >= 0.6 is 0 Å². The molecule has 0 fully saturated rings. The van der Waals surface area contributed by atoms with Crippen molar-refractivity contribution in [3.63, 3.8) is 0 Å². The molecule has 0 aromatic heterocycles. The molecule has 10 heavy (non-hydrogen) atoms. The maximum atomic E-state index is 10.0. The number of carboxylic acid groups (broad SMARTS) is 1. The topological polar surface area (TPSA) is 77.8 Å². The molecular weight excluding hydrogens is 136 g/mol. The van der Waals surface area contributed by atoms with Crippen molar-refractivity contribution in [3.8, 4) is 0 Å². The van der Waals surface area contributed by atoms with Crippen LogP contribution in [-0.4, -0.2) is 33.5 Å². The standard InChI is InChI=1S/C6H12O4/c1-2-3-4(7)5(8)6(9)10/h4-5,7-8H,2-3H2,1H3,(H,9,10). The molecular formula is C6H12O4. The molecule has 3 N–H and O–H groups in total. The van der Waals surface area contributed by atoms with Crippen molar-refractivity contribution < 1.29 is 20.1 Å². The van der Waals surface area contributed by atoms with Gasteiger partial charge in [-0.05, 0) is 6.42 Å². The fourth-order valence-electron chi connectivity index (χ4n) is 0.618. The Labute approximate surface area is 59.1 Å². The minimum absolute atomic E-state index is 0.313. The quantitative estimate of drug-likeness (QED) is 0.506. The first-order valence-corrected chi connectivity index (χ1v) is 3.18. The summed E-state index contributed by atoms with van der Waals surface area (Å²) < 4.78 is 0. The Kier molecular flexibility index (Phi) is 3.99. The van der Waals surface area contributed by atoms with Crippen molar-refractivity contribution >= 4 is 5.97 Å². The van der Waals surface area contributed by atoms with Crippen LogP contribution in [-0.2, 0) is 4.79 Å². The van der Waals surface area contributed by atoms with Crippen LogP contribution in [0.15, 0.2) is 0 Å². The zero-order valence-electron chi connectivity index (χ0n) is 5.82. The Hall–Kier alpha value is -0.610. The number of aliphatic hydroxyl groups excluding tert-OH is 2. The van der Waals surface area contributed by atoms with E-state index in [1.165, 1.54) is 0 Å². The lowest BCUT2D eigenvalue weighted by atomic mass is 10.1. The molecule has 4 nitrogen and oxygen atoms in total. The SMILES string of the molecule is CCCC(O)C(O)C(=O)O. The monoisotopic (exact) mass is 148 g/mol. The minimum atomic E-state index is -1.64. The molecule has 0 saturated carbocycles. The van der Waals surface area contributed by atoms with Gasteiger partial charge in [0, 0.05) is 0 Å². The van der Waals surface area contributed by atoms with E-state index in [1.54, 1.807) is 6.92 Å². The highest BCUT2D eigenvalue weighted by molar-refractivity contribution is 5.72. The molecule has 0 heterocycles. The zero-order chi connectivity index (χ0) is 8.15. The van der Waals surface area contributed by atoms with Crippen molar-refractivity contribution in [1.29, 1.82) is 0 Å². The molecule has 0 bridgehead atoms. The molecule has 0 aliphatic carbocycles. The molecule has 2 atom stereocenters. The smallest absolute Gasteiger partial charge is 0.335 e. The zero-order valence-corrected chi connectivity index (χ0v) is 5.82. The number of rotatable bonds is 4. The predicted octanol–water partition coefficient (Wildman–Crippen LogP) is -0.407. The van der Waals surface area contributed by atoms with E-state index in [0.717, 1.165) is 0 Å². The van der Waals surface area contributed by atoms with Gasteiger partial charge in [0.05, 0.1) is 6.10 Å². The van der Waals surface area contributed by atoms with E-state index < -0.39 is 18.2 Å². The van der Waals surface area contributed by atoms with Gasteiger partial charge >= 0.3 is 5.97 Å². The number of aliphatic hydroxyl groups is 2. The van der Waals surface area contributed by atoms with Gasteiger partial charge in [0.2, 0.25) is 0 Å². The maximum Gasteiger partial charge on any atom is 0.335 e. The van der Waals surface area contributed by atoms with E-state index in [-0.39, 0.29) is 0 Å². The maximum absolute atomic E-state index is 10.0. The van der Waals surface area contributed by atoms with Crippen molar-refractivity contribution in [3.05, 3.63) is 0 Å². The summed E-state index contributed by atoms with van der Waals surface area (Å²) in [5.41, 5.74) is 0. The lowest BCUT2D eigenvalue weighted by Gasteiger charge is -2.11. The average Bonchev–Trinajstić information content (AvgIpc) is 1.87. The van der Waals surface area contributed by atoms with E-state index >= 15 is 0 Å². The summed E-state index contributed by atoms with van der Waals surface area (Å²) in [5, 5.41) is 25.7. The highest BCUT2D eigenvalue weighted by atomic mass is 16.4. The van der Waals surface area contributed by atoms with Gasteiger partial charge in [-0.3, -0.25) is 0 Å². The first-order valence-electron chi connectivity index (χ1n) is 3.18. The second-order valence-corrected chi connectivity index (χ2v) is 2.14. The van der Waals surface area contributed by atoms with E-state index in [1.807, 2.05) is 0 Å². The average molecular weight is 148 g/mol. The number of carbonyl (C=O) groups is 1. The third kappa shape index (κ3) is 2.80. The van der Waals surface area contributed by atoms with Crippen molar-refractivity contribution in [1.82, 2.24) is 0 Å². The van der Waals surface area contributed by atoms with Crippen LogP contribution in [0, 0.1) is 0 Å². The molecule has 60 valence electrons. The van der Waals surface area contributed by atoms with E-state index in [9.17, 15) is 4.79 Å². The fraction of sp³-hybridized carbons (Fsp3) is 0.833. The van der Waals surface area contributed by atoms with Gasteiger partial charge in [-0.1, -0.05) is 13.3 Å². The molecule has 0 saturated heterocycles. The second-order valence-electron chi connectivity index (χ2n) is 2.14. The third-order valence-corrected chi connectivity index (χ3v) is 1.20. The van der Waals surface area contributed by atoms with E-state index in [0.29, 0.717) is 12.8 Å². The van der Waals surface area contributed by atoms with Crippen LogP contribution in [0.2, 0.25) is 0 Å². The summed E-state index contributed by atoms with van der Waals surface area (Å²) in [4.78, 5) is 10.0. The number of hydrogen-bond acceptors (Lipinski definition) is 3. The first kappa shape index (κ1) is 9.39. The molecule has 4 heteroatoms. The number of hydrogen-bond donors (Lipinski definition) is 3. The Morgan fingerprint density at radius 2 is 2.00 bits per heavy atom. The van der Waals surface area contributed by atoms with E-state index in [4.69, 9.17) is 15.3 Å². The lowest BCUT2D eigenvalue weighted by Crippen LogP contribution is -2.33. The Balaban J connectivity index is 3.69. The summed E-state index contributed by atoms with van der Waals surface area (Å²) in [6.45, 7) is 1.80. The minimum Gasteiger partial charge on any atom is -0.479 e. The Morgan fingerprint density at radius 1 is 1.50 bits per heavy atom. The molecule has 0 aliphatic rings. The Morgan fingerprint density at radius 3 is 2.30 bits per heavy atom. The van der Waals surface area contributed by atoms with Crippen molar-refractivity contribution in [2.75, 3.05) is 0 Å². The van der Waals surface area contributed by atoms with Crippen LogP contribution in [0.4, 0.5) is 0 Å². The Bertz CT molecular complexity index is 112. The van der Waals surface area contributed by atoms with Crippen LogP contribution in [0.25, 0.3) is 0 Å². The van der Waals surface area contributed by atoms with Gasteiger partial charge in [0.15, 0.2) is 6.10 Å². The van der Waals surface area contributed by atoms with Gasteiger partial charge in [-0.15, -0.1) is 0 Å². The summed E-state index contributed by atoms with van der Waals surface area (Å²) in [6, 6.07) is 0. The van der Waals surface area contributed by atoms with Crippen LogP contribution in [0.5, 0.6) is 0 Å². The normalized spacial score (nSPS) is 16.3. The van der Waals surface area contributed by atoms with Crippen LogP contribution in [0.1, 0.15) is 19.8 Å². The highest BCUT2D eigenvalue weighted by Crippen LogP contribution is 2.01. The summed E-state index contributed by atoms with van der Waals surface area (Å²) >= 11 is 0. The van der Waals surface area contributed by atoms with Gasteiger partial charge < -0.3 is 15.3 Å². The molecule has 0 radical (unpaired) electrons.